The summed E-state index contributed by atoms with van der Waals surface area (Å²) >= 11 is 0. The fourth-order valence-electron chi connectivity index (χ4n) is 4.03. The predicted octanol–water partition coefficient (Wildman–Crippen LogP) is 6.66. The molecule has 1 N–H and O–H groups in total. The van der Waals surface area contributed by atoms with Crippen molar-refractivity contribution < 1.29 is 33.7 Å². The summed E-state index contributed by atoms with van der Waals surface area (Å²) in [6, 6.07) is 10.0. The summed E-state index contributed by atoms with van der Waals surface area (Å²) in [7, 11) is 1.42. The Bertz CT molecular complexity index is 1010. The number of esters is 2. The van der Waals surface area contributed by atoms with E-state index in [1.165, 1.54) is 13.2 Å². The highest BCUT2D eigenvalue weighted by Crippen LogP contribution is 2.37. The smallest absolute Gasteiger partial charge is 0.306 e. The van der Waals surface area contributed by atoms with Crippen LogP contribution < -0.4 is 4.74 Å². The first-order chi connectivity index (χ1) is 17.9. The first-order valence-corrected chi connectivity index (χ1v) is 13.3. The highest BCUT2D eigenvalue weighted by Gasteiger charge is 2.25. The van der Waals surface area contributed by atoms with Gasteiger partial charge in [0.1, 0.15) is 24.7 Å². The van der Waals surface area contributed by atoms with Crippen LogP contribution in [0.5, 0.6) is 11.5 Å². The number of hydrogen-bond acceptors (Lipinski definition) is 7. The molecule has 0 bridgehead atoms. The first kappa shape index (κ1) is 29.9. The third-order valence-corrected chi connectivity index (χ3v) is 6.15. The third kappa shape index (κ3) is 9.56. The highest BCUT2D eigenvalue weighted by atomic mass is 16.5. The van der Waals surface area contributed by atoms with Crippen LogP contribution in [-0.2, 0) is 32.3 Å². The van der Waals surface area contributed by atoms with Crippen LogP contribution in [0, 0.1) is 0 Å². The molecular weight excluding hydrogens is 472 g/mol. The molecule has 0 saturated heterocycles. The molecule has 0 atom stereocenters. The van der Waals surface area contributed by atoms with E-state index in [9.17, 15) is 19.5 Å². The Morgan fingerprint density at radius 3 is 1.89 bits per heavy atom. The molecule has 0 aliphatic rings. The number of hydrogen-bond donors (Lipinski definition) is 1. The molecule has 7 heteroatoms. The van der Waals surface area contributed by atoms with Gasteiger partial charge in [-0.15, -0.1) is 0 Å². The van der Waals surface area contributed by atoms with E-state index < -0.39 is 11.8 Å². The summed E-state index contributed by atoms with van der Waals surface area (Å²) in [6.45, 7) is 3.79. The fraction of sp³-hybridized carbons (Fsp3) is 0.500. The van der Waals surface area contributed by atoms with Crippen molar-refractivity contribution >= 4 is 17.7 Å². The lowest BCUT2D eigenvalue weighted by atomic mass is 9.96. The second-order valence-electron chi connectivity index (χ2n) is 9.08. The van der Waals surface area contributed by atoms with E-state index in [2.05, 4.69) is 13.8 Å². The normalized spacial score (nSPS) is 10.7. The molecule has 0 aliphatic carbocycles. The van der Waals surface area contributed by atoms with Crippen molar-refractivity contribution in [2.75, 3.05) is 7.11 Å². The number of phenolic OH excluding ortho intramolecular Hbond substituents is 1. The summed E-state index contributed by atoms with van der Waals surface area (Å²) in [6.07, 6.45) is 8.19. The maximum Gasteiger partial charge on any atom is 0.306 e. The number of ether oxygens (including phenoxy) is 3. The van der Waals surface area contributed by atoms with E-state index in [1.807, 2.05) is 0 Å². The topological polar surface area (TPSA) is 99.1 Å². The molecule has 2 aromatic carbocycles. The van der Waals surface area contributed by atoms with E-state index in [-0.39, 0.29) is 48.2 Å². The van der Waals surface area contributed by atoms with E-state index >= 15 is 0 Å². The van der Waals surface area contributed by atoms with Gasteiger partial charge in [0.05, 0.1) is 18.2 Å². The van der Waals surface area contributed by atoms with Crippen LogP contribution in [0.15, 0.2) is 36.4 Å². The average molecular weight is 513 g/mol. The maximum absolute atomic E-state index is 13.2. The largest absolute Gasteiger partial charge is 0.507 e. The molecular formula is C30H40O7. The van der Waals surface area contributed by atoms with Crippen LogP contribution in [-0.4, -0.2) is 29.9 Å². The molecule has 2 rings (SSSR count). The molecule has 0 spiro atoms. The minimum atomic E-state index is -0.403. The minimum absolute atomic E-state index is 0.0231. The number of ketones is 1. The first-order valence-electron chi connectivity index (χ1n) is 13.3. The zero-order chi connectivity index (χ0) is 27.0. The summed E-state index contributed by atoms with van der Waals surface area (Å²) in [4.78, 5) is 37.8. The summed E-state index contributed by atoms with van der Waals surface area (Å²) in [5.41, 5.74) is 0.992. The molecule has 0 saturated carbocycles. The fourth-order valence-corrected chi connectivity index (χ4v) is 4.03. The van der Waals surface area contributed by atoms with Gasteiger partial charge in [0, 0.05) is 24.0 Å². The zero-order valence-electron chi connectivity index (χ0n) is 22.3. The molecule has 0 amide bonds. The molecule has 202 valence electrons. The molecule has 2 aromatic rings. The quantitative estimate of drug-likeness (QED) is 0.144. The molecule has 0 aromatic heterocycles. The Hall–Kier alpha value is -3.35. The van der Waals surface area contributed by atoms with Crippen LogP contribution in [0.2, 0.25) is 0 Å². The van der Waals surface area contributed by atoms with Gasteiger partial charge in [-0.1, -0.05) is 82.7 Å². The maximum atomic E-state index is 13.2. The number of rotatable bonds is 17. The number of methoxy groups -OCH3 is 1. The van der Waals surface area contributed by atoms with Gasteiger partial charge in [0.15, 0.2) is 5.78 Å². The Kier molecular flexibility index (Phi) is 13.2. The number of unbranched alkanes of at least 4 members (excludes halogenated alkanes) is 6. The van der Waals surface area contributed by atoms with E-state index in [1.54, 1.807) is 30.3 Å². The summed E-state index contributed by atoms with van der Waals surface area (Å²) < 4.78 is 16.4. The van der Waals surface area contributed by atoms with Crippen LogP contribution in [0.25, 0.3) is 0 Å². The SMILES string of the molecule is CCCCCCC(=O)OCc1cc(C(=O)c2ccccc2)c(O)c(COC(=O)CCCCCC)c1OC. The monoisotopic (exact) mass is 512 g/mol. The molecule has 0 aliphatic heterocycles. The van der Waals surface area contributed by atoms with Gasteiger partial charge in [0.25, 0.3) is 0 Å². The average Bonchev–Trinajstić information content (AvgIpc) is 2.91. The number of benzene rings is 2. The number of aromatic hydroxyl groups is 1. The lowest BCUT2D eigenvalue weighted by molar-refractivity contribution is -0.145. The van der Waals surface area contributed by atoms with Gasteiger partial charge < -0.3 is 19.3 Å². The standard InChI is InChI=1S/C30H40O7/c1-4-6-8-13-17-26(31)36-20-23-19-24(28(33)22-15-11-10-12-16-22)29(34)25(30(23)35-3)21-37-27(32)18-14-9-7-5-2/h10-12,15-16,19,34H,4-9,13-14,17-18,20-21H2,1-3H3. The minimum Gasteiger partial charge on any atom is -0.507 e. The van der Waals surface area contributed by atoms with Crippen molar-refractivity contribution in [2.24, 2.45) is 0 Å². The number of phenols is 1. The predicted molar refractivity (Wildman–Crippen MR) is 142 cm³/mol. The van der Waals surface area contributed by atoms with Crippen LogP contribution in [0.3, 0.4) is 0 Å². The summed E-state index contributed by atoms with van der Waals surface area (Å²) in [5.74, 6) is -1.24. The Morgan fingerprint density at radius 2 is 1.35 bits per heavy atom. The number of carbonyl (C=O) groups excluding carboxylic acids is 3. The lowest BCUT2D eigenvalue weighted by Crippen LogP contribution is -2.12. The zero-order valence-corrected chi connectivity index (χ0v) is 22.3. The van der Waals surface area contributed by atoms with Gasteiger partial charge in [-0.05, 0) is 18.9 Å². The number of carbonyl (C=O) groups is 3. The van der Waals surface area contributed by atoms with Gasteiger partial charge in [0.2, 0.25) is 0 Å². The van der Waals surface area contributed by atoms with E-state index in [4.69, 9.17) is 14.2 Å². The Labute approximate surface area is 220 Å². The van der Waals surface area contributed by atoms with Crippen molar-refractivity contribution in [3.05, 3.63) is 58.7 Å². The Morgan fingerprint density at radius 1 is 0.784 bits per heavy atom. The Balaban J connectivity index is 2.29. The van der Waals surface area contributed by atoms with Gasteiger partial charge in [-0.3, -0.25) is 14.4 Å². The van der Waals surface area contributed by atoms with Crippen LogP contribution >= 0.6 is 0 Å². The second kappa shape index (κ2) is 16.4. The van der Waals surface area contributed by atoms with E-state index in [0.717, 1.165) is 51.4 Å². The van der Waals surface area contributed by atoms with Crippen molar-refractivity contribution in [3.63, 3.8) is 0 Å². The van der Waals surface area contributed by atoms with Crippen molar-refractivity contribution in [1.82, 2.24) is 0 Å². The lowest BCUT2D eigenvalue weighted by Gasteiger charge is -2.18. The van der Waals surface area contributed by atoms with Crippen LogP contribution in [0.1, 0.15) is 105 Å². The molecule has 0 radical (unpaired) electrons. The van der Waals surface area contributed by atoms with E-state index in [0.29, 0.717) is 17.5 Å². The van der Waals surface area contributed by atoms with Crippen LogP contribution in [0.4, 0.5) is 0 Å². The summed E-state index contributed by atoms with van der Waals surface area (Å²) in [5, 5.41) is 11.1. The molecule has 37 heavy (non-hydrogen) atoms. The van der Waals surface area contributed by atoms with Crippen molar-refractivity contribution in [1.29, 1.82) is 0 Å². The van der Waals surface area contributed by atoms with Gasteiger partial charge >= 0.3 is 11.9 Å². The van der Waals surface area contributed by atoms with Gasteiger partial charge in [-0.25, -0.2) is 0 Å². The third-order valence-electron chi connectivity index (χ3n) is 6.15. The molecule has 7 nitrogen and oxygen atoms in total. The second-order valence-corrected chi connectivity index (χ2v) is 9.08. The molecule has 0 unspecified atom stereocenters. The molecule has 0 heterocycles. The van der Waals surface area contributed by atoms with Gasteiger partial charge in [-0.2, -0.15) is 0 Å². The van der Waals surface area contributed by atoms with Crippen molar-refractivity contribution in [3.8, 4) is 11.5 Å². The van der Waals surface area contributed by atoms with Crippen molar-refractivity contribution in [2.45, 2.75) is 91.3 Å². The highest BCUT2D eigenvalue weighted by molar-refractivity contribution is 6.11. The molecule has 0 fully saturated rings.